The second-order valence-electron chi connectivity index (χ2n) is 13.3. The van der Waals surface area contributed by atoms with Crippen molar-refractivity contribution in [1.82, 2.24) is 35.2 Å². The quantitative estimate of drug-likeness (QED) is 0.167. The van der Waals surface area contributed by atoms with Crippen LogP contribution in [0.15, 0.2) is 48.7 Å². The van der Waals surface area contributed by atoms with Crippen LogP contribution in [0.5, 0.6) is 0 Å². The van der Waals surface area contributed by atoms with Gasteiger partial charge in [-0.2, -0.15) is 5.10 Å². The number of pyridine rings is 1. The average molecular weight is 701 g/mol. The van der Waals surface area contributed by atoms with E-state index in [4.69, 9.17) is 21.3 Å². The Bertz CT molecular complexity index is 1800. The van der Waals surface area contributed by atoms with Crippen LogP contribution in [0, 0.1) is 0 Å². The maximum Gasteiger partial charge on any atom is 0.229 e. The number of anilines is 1. The van der Waals surface area contributed by atoms with Gasteiger partial charge in [0.2, 0.25) is 11.8 Å². The molecule has 2 fully saturated rings. The highest BCUT2D eigenvalue weighted by Gasteiger charge is 2.22. The molecule has 0 unspecified atom stereocenters. The Kier molecular flexibility index (Phi) is 12.0. The SMILES string of the molecule is CCc1nc2c(cnn2CC)c(NC2CCOCC2)c1CNC(=O)CC(=O)NCc1ccc(Cl)c(-c2cccc(CN3CCN(C)CC3)c2)c1. The number of ether oxygens (including phenoxy) is 1. The van der Waals surface area contributed by atoms with Crippen molar-refractivity contribution in [1.29, 1.82) is 0 Å². The molecule has 0 aliphatic carbocycles. The number of piperazine rings is 1. The molecule has 0 atom stereocenters. The number of likely N-dealkylation sites (N-methyl/N-ethyl adjacent to an activating group) is 1. The van der Waals surface area contributed by atoms with Crippen LogP contribution in [0.3, 0.4) is 0 Å². The van der Waals surface area contributed by atoms with Crippen LogP contribution >= 0.6 is 11.6 Å². The molecule has 2 aliphatic heterocycles. The van der Waals surface area contributed by atoms with Crippen molar-refractivity contribution in [3.8, 4) is 11.1 Å². The van der Waals surface area contributed by atoms with Gasteiger partial charge < -0.3 is 25.6 Å². The smallest absolute Gasteiger partial charge is 0.229 e. The molecule has 2 aromatic heterocycles. The zero-order valence-electron chi connectivity index (χ0n) is 29.4. The van der Waals surface area contributed by atoms with Crippen molar-refractivity contribution in [2.75, 3.05) is 51.8 Å². The standard InChI is InChI=1S/C38H49ClN8O3/c1-4-34-31(37(43-29-11-17-50-18-12-29)32-24-42-47(5-2)38(32)44-34)23-41-36(49)21-35(48)40-22-26-9-10-33(39)30(20-26)28-8-6-7-27(19-28)25-46-15-13-45(3)14-16-46/h6-10,19-20,24,29H,4-5,11-18,21-23,25H2,1-3H3,(H,40,48)(H,41,49)(H,43,44). The minimum absolute atomic E-state index is 0.253. The first-order chi connectivity index (χ1) is 24.3. The van der Waals surface area contributed by atoms with Gasteiger partial charge in [0, 0.05) is 93.5 Å². The number of amides is 2. The van der Waals surface area contributed by atoms with E-state index < -0.39 is 0 Å². The Labute approximate surface area is 299 Å². The number of halogens is 1. The number of nitrogens with one attached hydrogen (secondary N) is 3. The molecule has 11 nitrogen and oxygen atoms in total. The van der Waals surface area contributed by atoms with E-state index in [-0.39, 0.29) is 30.8 Å². The number of aryl methyl sites for hydroxylation is 2. The zero-order chi connectivity index (χ0) is 35.0. The third-order valence-electron chi connectivity index (χ3n) is 9.72. The molecule has 0 bridgehead atoms. The Morgan fingerprint density at radius 1 is 0.960 bits per heavy atom. The number of fused-ring (bicyclic) bond motifs is 1. The van der Waals surface area contributed by atoms with Crippen LogP contribution in [0.2, 0.25) is 5.02 Å². The summed E-state index contributed by atoms with van der Waals surface area (Å²) in [5.41, 5.74) is 7.73. The Hall–Kier alpha value is -4.03. The zero-order valence-corrected chi connectivity index (χ0v) is 30.2. The molecule has 0 saturated carbocycles. The molecule has 2 amide bonds. The van der Waals surface area contributed by atoms with E-state index in [1.807, 2.05) is 36.0 Å². The third-order valence-corrected chi connectivity index (χ3v) is 10.0. The first kappa shape index (κ1) is 35.8. The fraction of sp³-hybridized carbons (Fsp3) is 0.474. The van der Waals surface area contributed by atoms with Gasteiger partial charge in [0.05, 0.1) is 17.3 Å². The first-order valence-electron chi connectivity index (χ1n) is 17.8. The van der Waals surface area contributed by atoms with Crippen LogP contribution in [0.25, 0.3) is 22.2 Å². The summed E-state index contributed by atoms with van der Waals surface area (Å²) >= 11 is 6.66. The van der Waals surface area contributed by atoms with Gasteiger partial charge in [-0.15, -0.1) is 0 Å². The maximum atomic E-state index is 13.1. The summed E-state index contributed by atoms with van der Waals surface area (Å²) in [5, 5.41) is 15.8. The normalized spacial score (nSPS) is 16.1. The van der Waals surface area contributed by atoms with E-state index >= 15 is 0 Å². The van der Waals surface area contributed by atoms with Crippen LogP contribution in [-0.4, -0.2) is 88.9 Å². The highest BCUT2D eigenvalue weighted by Crippen LogP contribution is 2.32. The number of carbonyl (C=O) groups is 2. The summed E-state index contributed by atoms with van der Waals surface area (Å²) in [6, 6.07) is 14.5. The number of carbonyl (C=O) groups excluding carboxylic acids is 2. The second kappa shape index (κ2) is 16.8. The highest BCUT2D eigenvalue weighted by molar-refractivity contribution is 6.33. The molecule has 12 heteroatoms. The summed E-state index contributed by atoms with van der Waals surface area (Å²) in [6.07, 6.45) is 4.07. The molecule has 4 aromatic rings. The number of rotatable bonds is 13. The molecular weight excluding hydrogens is 652 g/mol. The fourth-order valence-corrected chi connectivity index (χ4v) is 6.99. The van der Waals surface area contributed by atoms with Crippen LogP contribution < -0.4 is 16.0 Å². The third kappa shape index (κ3) is 8.81. The molecule has 0 radical (unpaired) electrons. The Morgan fingerprint density at radius 2 is 1.72 bits per heavy atom. The topological polar surface area (TPSA) is 117 Å². The van der Waals surface area contributed by atoms with Crippen molar-refractivity contribution in [2.45, 2.75) is 71.8 Å². The van der Waals surface area contributed by atoms with Gasteiger partial charge in [-0.3, -0.25) is 14.5 Å². The van der Waals surface area contributed by atoms with Gasteiger partial charge in [-0.1, -0.05) is 42.8 Å². The summed E-state index contributed by atoms with van der Waals surface area (Å²) in [6.45, 7) is 12.0. The molecule has 2 saturated heterocycles. The van der Waals surface area contributed by atoms with Gasteiger partial charge in [-0.05, 0) is 68.1 Å². The van der Waals surface area contributed by atoms with Gasteiger partial charge in [0.1, 0.15) is 6.42 Å². The Balaban J connectivity index is 1.07. The van der Waals surface area contributed by atoms with E-state index in [1.165, 1.54) is 5.56 Å². The molecule has 2 aromatic carbocycles. The second-order valence-corrected chi connectivity index (χ2v) is 13.7. The number of hydrogen-bond donors (Lipinski definition) is 3. The predicted molar refractivity (Wildman–Crippen MR) is 198 cm³/mol. The van der Waals surface area contributed by atoms with Crippen LogP contribution in [0.4, 0.5) is 5.69 Å². The van der Waals surface area contributed by atoms with Crippen molar-refractivity contribution in [3.05, 3.63) is 76.1 Å². The Morgan fingerprint density at radius 3 is 2.46 bits per heavy atom. The molecule has 50 heavy (non-hydrogen) atoms. The monoisotopic (exact) mass is 700 g/mol. The van der Waals surface area contributed by atoms with E-state index in [2.05, 4.69) is 69.1 Å². The minimum Gasteiger partial charge on any atom is -0.381 e. The average Bonchev–Trinajstić information content (AvgIpc) is 3.55. The number of benzene rings is 2. The lowest BCUT2D eigenvalue weighted by molar-refractivity contribution is -0.129. The van der Waals surface area contributed by atoms with Crippen molar-refractivity contribution in [3.63, 3.8) is 0 Å². The first-order valence-corrected chi connectivity index (χ1v) is 18.2. The predicted octanol–water partition coefficient (Wildman–Crippen LogP) is 5.00. The van der Waals surface area contributed by atoms with Gasteiger partial charge in [-0.25, -0.2) is 9.67 Å². The van der Waals surface area contributed by atoms with Gasteiger partial charge >= 0.3 is 0 Å². The van der Waals surface area contributed by atoms with Gasteiger partial charge in [0.25, 0.3) is 0 Å². The van der Waals surface area contributed by atoms with Crippen LogP contribution in [-0.2, 0) is 46.9 Å². The molecule has 3 N–H and O–H groups in total. The molecule has 6 rings (SSSR count). The largest absolute Gasteiger partial charge is 0.381 e. The number of nitrogens with zero attached hydrogens (tertiary/aromatic N) is 5. The molecular formula is C38H49ClN8O3. The van der Waals surface area contributed by atoms with Crippen molar-refractivity contribution in [2.24, 2.45) is 0 Å². The lowest BCUT2D eigenvalue weighted by Crippen LogP contribution is -2.43. The van der Waals surface area contributed by atoms with Crippen LogP contribution in [0.1, 0.15) is 55.5 Å². The van der Waals surface area contributed by atoms with E-state index in [9.17, 15) is 9.59 Å². The minimum atomic E-state index is -0.347. The lowest BCUT2D eigenvalue weighted by Gasteiger charge is -2.32. The highest BCUT2D eigenvalue weighted by atomic mass is 35.5. The lowest BCUT2D eigenvalue weighted by atomic mass is 10.0. The van der Waals surface area contributed by atoms with Crippen molar-refractivity contribution >= 4 is 40.1 Å². The van der Waals surface area contributed by atoms with E-state index in [0.29, 0.717) is 37.7 Å². The molecule has 266 valence electrons. The molecule has 4 heterocycles. The van der Waals surface area contributed by atoms with Crippen molar-refractivity contribution < 1.29 is 14.3 Å². The summed E-state index contributed by atoms with van der Waals surface area (Å²) < 4.78 is 7.47. The van der Waals surface area contributed by atoms with Gasteiger partial charge in [0.15, 0.2) is 5.65 Å². The van der Waals surface area contributed by atoms with E-state index in [0.717, 1.165) is 90.2 Å². The summed E-state index contributed by atoms with van der Waals surface area (Å²) in [5.74, 6) is -0.692. The van der Waals surface area contributed by atoms with E-state index in [1.54, 1.807) is 0 Å². The number of hydrogen-bond acceptors (Lipinski definition) is 8. The molecule has 2 aliphatic rings. The summed E-state index contributed by atoms with van der Waals surface area (Å²) in [4.78, 5) is 35.8. The maximum absolute atomic E-state index is 13.1. The molecule has 0 spiro atoms. The summed E-state index contributed by atoms with van der Waals surface area (Å²) in [7, 11) is 2.17. The fourth-order valence-electron chi connectivity index (χ4n) is 6.76. The number of aromatic nitrogens is 3.